The SMILES string of the molecule is Cl.Cl.NC1=NC(Cc2cscn2)CS1. The molecule has 0 fully saturated rings. The van der Waals surface area contributed by atoms with Gasteiger partial charge in [0.1, 0.15) is 0 Å². The fourth-order valence-electron chi connectivity index (χ4n) is 1.12. The Balaban J connectivity index is 0.000000845. The number of aromatic nitrogens is 1. The lowest BCUT2D eigenvalue weighted by atomic mass is 10.2. The van der Waals surface area contributed by atoms with Crippen LogP contribution in [0.1, 0.15) is 5.69 Å². The van der Waals surface area contributed by atoms with Gasteiger partial charge < -0.3 is 5.73 Å². The summed E-state index contributed by atoms with van der Waals surface area (Å²) in [6.07, 6.45) is 0.928. The summed E-state index contributed by atoms with van der Waals surface area (Å²) >= 11 is 3.26. The average molecular weight is 272 g/mol. The number of hydrogen-bond donors (Lipinski definition) is 1. The minimum Gasteiger partial charge on any atom is -0.379 e. The van der Waals surface area contributed by atoms with E-state index in [0.717, 1.165) is 23.0 Å². The maximum Gasteiger partial charge on any atom is 0.154 e. The van der Waals surface area contributed by atoms with Crippen molar-refractivity contribution in [2.75, 3.05) is 5.75 Å². The van der Waals surface area contributed by atoms with Crippen LogP contribution >= 0.6 is 47.9 Å². The van der Waals surface area contributed by atoms with Crippen LogP contribution in [-0.4, -0.2) is 21.9 Å². The molecule has 1 unspecified atom stereocenters. The Hall–Kier alpha value is 0.0300. The molecule has 2 N–H and O–H groups in total. The van der Waals surface area contributed by atoms with Gasteiger partial charge in [-0.1, -0.05) is 11.8 Å². The van der Waals surface area contributed by atoms with Gasteiger partial charge in [0.15, 0.2) is 5.17 Å². The second kappa shape index (κ2) is 6.50. The monoisotopic (exact) mass is 271 g/mol. The first-order valence-electron chi connectivity index (χ1n) is 3.68. The molecule has 1 aromatic heterocycles. The van der Waals surface area contributed by atoms with Gasteiger partial charge in [0, 0.05) is 17.6 Å². The van der Waals surface area contributed by atoms with Gasteiger partial charge in [0.25, 0.3) is 0 Å². The molecule has 0 saturated carbocycles. The lowest BCUT2D eigenvalue weighted by Gasteiger charge is -2.00. The largest absolute Gasteiger partial charge is 0.379 e. The highest BCUT2D eigenvalue weighted by molar-refractivity contribution is 8.14. The van der Waals surface area contributed by atoms with Crippen molar-refractivity contribution in [3.63, 3.8) is 0 Å². The molecule has 0 radical (unpaired) electrons. The van der Waals surface area contributed by atoms with Gasteiger partial charge in [-0.3, -0.25) is 4.99 Å². The van der Waals surface area contributed by atoms with Crippen molar-refractivity contribution >= 4 is 53.1 Å². The number of thiazole rings is 1. The summed E-state index contributed by atoms with van der Waals surface area (Å²) in [4.78, 5) is 8.49. The summed E-state index contributed by atoms with van der Waals surface area (Å²) in [5, 5.41) is 2.78. The van der Waals surface area contributed by atoms with Crippen molar-refractivity contribution in [3.8, 4) is 0 Å². The molecular weight excluding hydrogens is 261 g/mol. The average Bonchev–Trinajstić information content (AvgIpc) is 2.63. The molecule has 2 rings (SSSR count). The molecule has 2 heterocycles. The summed E-state index contributed by atoms with van der Waals surface area (Å²) < 4.78 is 0. The van der Waals surface area contributed by atoms with Crippen molar-refractivity contribution in [1.29, 1.82) is 0 Å². The highest BCUT2D eigenvalue weighted by atomic mass is 35.5. The molecule has 1 aliphatic heterocycles. The van der Waals surface area contributed by atoms with Gasteiger partial charge >= 0.3 is 0 Å². The van der Waals surface area contributed by atoms with Crippen LogP contribution in [0.3, 0.4) is 0 Å². The summed E-state index contributed by atoms with van der Waals surface area (Å²) in [6, 6.07) is 0.345. The van der Waals surface area contributed by atoms with E-state index < -0.39 is 0 Å². The standard InChI is InChI=1S/C7H9N3S2.2ClH/c8-7-10-6(3-12-7)1-5-2-11-4-9-5;;/h2,4,6H,1,3H2,(H2,8,10);2*1H. The zero-order chi connectivity index (χ0) is 8.39. The van der Waals surface area contributed by atoms with Crippen LogP contribution in [0, 0.1) is 0 Å². The first kappa shape index (κ1) is 14.0. The molecule has 0 spiro atoms. The van der Waals surface area contributed by atoms with Crippen molar-refractivity contribution in [2.24, 2.45) is 10.7 Å². The molecule has 80 valence electrons. The summed E-state index contributed by atoms with van der Waals surface area (Å²) in [5.41, 5.74) is 8.53. The number of halogens is 2. The molecule has 0 saturated heterocycles. The quantitative estimate of drug-likeness (QED) is 0.895. The minimum atomic E-state index is 0. The molecule has 0 bridgehead atoms. The van der Waals surface area contributed by atoms with Crippen LogP contribution in [0.15, 0.2) is 15.9 Å². The second-order valence-corrected chi connectivity index (χ2v) is 4.38. The van der Waals surface area contributed by atoms with Crippen LogP contribution in [0.25, 0.3) is 0 Å². The molecule has 1 aliphatic rings. The van der Waals surface area contributed by atoms with Crippen molar-refractivity contribution in [3.05, 3.63) is 16.6 Å². The lowest BCUT2D eigenvalue weighted by Crippen LogP contribution is -2.08. The van der Waals surface area contributed by atoms with E-state index >= 15 is 0 Å². The number of nitrogens with two attached hydrogens (primary N) is 1. The fraction of sp³-hybridized carbons (Fsp3) is 0.429. The molecule has 7 heteroatoms. The predicted molar refractivity (Wildman–Crippen MR) is 68.2 cm³/mol. The second-order valence-electron chi connectivity index (χ2n) is 2.62. The molecule has 14 heavy (non-hydrogen) atoms. The van der Waals surface area contributed by atoms with Crippen LogP contribution < -0.4 is 5.73 Å². The number of rotatable bonds is 2. The zero-order valence-corrected chi connectivity index (χ0v) is 10.5. The third kappa shape index (κ3) is 3.65. The third-order valence-electron chi connectivity index (χ3n) is 1.66. The fourth-order valence-corrected chi connectivity index (χ4v) is 2.47. The summed E-state index contributed by atoms with van der Waals surface area (Å²) in [5.74, 6) is 1.00. The van der Waals surface area contributed by atoms with Crippen LogP contribution in [-0.2, 0) is 6.42 Å². The van der Waals surface area contributed by atoms with Crippen molar-refractivity contribution < 1.29 is 0 Å². The van der Waals surface area contributed by atoms with Crippen LogP contribution in [0.2, 0.25) is 0 Å². The molecule has 0 aliphatic carbocycles. The number of amidine groups is 1. The van der Waals surface area contributed by atoms with Gasteiger partial charge in [-0.05, 0) is 0 Å². The zero-order valence-electron chi connectivity index (χ0n) is 7.25. The first-order chi connectivity index (χ1) is 5.84. The summed E-state index contributed by atoms with van der Waals surface area (Å²) in [7, 11) is 0. The predicted octanol–water partition coefficient (Wildman–Crippen LogP) is 1.96. The molecule has 0 amide bonds. The van der Waals surface area contributed by atoms with E-state index in [0.29, 0.717) is 6.04 Å². The van der Waals surface area contributed by atoms with Crippen molar-refractivity contribution in [1.82, 2.24) is 4.98 Å². The maximum absolute atomic E-state index is 5.55. The van der Waals surface area contributed by atoms with Gasteiger partial charge in [-0.15, -0.1) is 36.2 Å². The summed E-state index contributed by atoms with van der Waals surface area (Å²) in [6.45, 7) is 0. The Labute approximate surface area is 103 Å². The Morgan fingerprint density at radius 2 is 2.29 bits per heavy atom. The molecule has 0 aromatic carbocycles. The smallest absolute Gasteiger partial charge is 0.154 e. The van der Waals surface area contributed by atoms with E-state index in [1.165, 1.54) is 0 Å². The normalized spacial score (nSPS) is 19.4. The molecule has 1 atom stereocenters. The van der Waals surface area contributed by atoms with Gasteiger partial charge in [0.2, 0.25) is 0 Å². The van der Waals surface area contributed by atoms with Gasteiger partial charge in [-0.2, -0.15) is 0 Å². The van der Waals surface area contributed by atoms with E-state index in [-0.39, 0.29) is 24.8 Å². The first-order valence-corrected chi connectivity index (χ1v) is 5.60. The van der Waals surface area contributed by atoms with Crippen molar-refractivity contribution in [2.45, 2.75) is 12.5 Å². The number of thioether (sulfide) groups is 1. The molecular formula is C7H11Cl2N3S2. The van der Waals surface area contributed by atoms with E-state index in [1.54, 1.807) is 23.1 Å². The van der Waals surface area contributed by atoms with Crippen LogP contribution in [0.5, 0.6) is 0 Å². The number of aliphatic imine (C=N–C) groups is 1. The molecule has 3 nitrogen and oxygen atoms in total. The Kier molecular flexibility index (Phi) is 6.52. The van der Waals surface area contributed by atoms with E-state index in [9.17, 15) is 0 Å². The van der Waals surface area contributed by atoms with Gasteiger partial charge in [0.05, 0.1) is 17.2 Å². The Morgan fingerprint density at radius 3 is 2.79 bits per heavy atom. The van der Waals surface area contributed by atoms with Crippen LogP contribution in [0.4, 0.5) is 0 Å². The number of nitrogens with zero attached hydrogens (tertiary/aromatic N) is 2. The molecule has 1 aromatic rings. The Morgan fingerprint density at radius 1 is 1.50 bits per heavy atom. The van der Waals surface area contributed by atoms with E-state index in [2.05, 4.69) is 15.4 Å². The third-order valence-corrected chi connectivity index (χ3v) is 3.25. The topological polar surface area (TPSA) is 51.3 Å². The maximum atomic E-state index is 5.55. The number of hydrogen-bond acceptors (Lipinski definition) is 5. The highest BCUT2D eigenvalue weighted by Gasteiger charge is 2.16. The Bertz CT molecular complexity index is 289. The minimum absolute atomic E-state index is 0. The van der Waals surface area contributed by atoms with E-state index in [4.69, 9.17) is 5.73 Å². The van der Waals surface area contributed by atoms with E-state index in [1.807, 2.05) is 5.51 Å². The van der Waals surface area contributed by atoms with Gasteiger partial charge in [-0.25, -0.2) is 4.98 Å². The highest BCUT2D eigenvalue weighted by Crippen LogP contribution is 2.18. The lowest BCUT2D eigenvalue weighted by molar-refractivity contribution is 0.748.